The molecule has 0 spiro atoms. The highest BCUT2D eigenvalue weighted by atomic mass is 16.3. The monoisotopic (exact) mass is 169 g/mol. The third-order valence-corrected chi connectivity index (χ3v) is 2.51. The van der Waals surface area contributed by atoms with Crippen LogP contribution in [0.1, 0.15) is 32.6 Å². The lowest BCUT2D eigenvalue weighted by Crippen LogP contribution is -2.19. The lowest BCUT2D eigenvalue weighted by Gasteiger charge is -2.23. The molecule has 2 unspecified atom stereocenters. The molecule has 0 radical (unpaired) electrons. The van der Waals surface area contributed by atoms with E-state index in [1.54, 1.807) is 0 Å². The van der Waals surface area contributed by atoms with E-state index in [0.717, 1.165) is 32.2 Å². The Balaban J connectivity index is 2.41. The zero-order chi connectivity index (χ0) is 8.97. The molecule has 1 rings (SSSR count). The van der Waals surface area contributed by atoms with Crippen LogP contribution in [0.3, 0.4) is 0 Å². The highest BCUT2D eigenvalue weighted by Crippen LogP contribution is 2.25. The van der Waals surface area contributed by atoms with Gasteiger partial charge in [-0.15, -0.1) is 0 Å². The molecule has 0 aromatic heterocycles. The molecule has 0 aromatic carbocycles. The standard InChI is InChI=1S/C10H19NO/c1-8-4-5-9(3-2-6-11)10(12)7-8/h5,8,10,12H,2-4,6-7,11H2,1H3. The van der Waals surface area contributed by atoms with Gasteiger partial charge in [0.25, 0.3) is 0 Å². The van der Waals surface area contributed by atoms with Crippen molar-refractivity contribution in [3.05, 3.63) is 11.6 Å². The summed E-state index contributed by atoms with van der Waals surface area (Å²) in [4.78, 5) is 0. The van der Waals surface area contributed by atoms with Crippen LogP contribution in [0.15, 0.2) is 11.6 Å². The minimum atomic E-state index is -0.194. The Bertz CT molecular complexity index is 165. The zero-order valence-corrected chi connectivity index (χ0v) is 7.79. The van der Waals surface area contributed by atoms with Gasteiger partial charge < -0.3 is 10.8 Å². The van der Waals surface area contributed by atoms with Crippen LogP contribution in [-0.4, -0.2) is 17.8 Å². The second kappa shape index (κ2) is 4.63. The van der Waals surface area contributed by atoms with Gasteiger partial charge in [-0.3, -0.25) is 0 Å². The molecule has 0 fully saturated rings. The first-order valence-corrected chi connectivity index (χ1v) is 4.81. The molecule has 0 aromatic rings. The van der Waals surface area contributed by atoms with Gasteiger partial charge in [0.2, 0.25) is 0 Å². The fraction of sp³-hybridized carbons (Fsp3) is 0.800. The Kier molecular flexibility index (Phi) is 3.76. The molecule has 1 aliphatic rings. The normalized spacial score (nSPS) is 30.1. The van der Waals surface area contributed by atoms with Gasteiger partial charge in [0.05, 0.1) is 6.10 Å². The maximum Gasteiger partial charge on any atom is 0.0752 e. The predicted octanol–water partition coefficient (Wildman–Crippen LogP) is 1.44. The number of hydrogen-bond donors (Lipinski definition) is 2. The van der Waals surface area contributed by atoms with Gasteiger partial charge in [0.15, 0.2) is 0 Å². The van der Waals surface area contributed by atoms with Gasteiger partial charge in [-0.25, -0.2) is 0 Å². The van der Waals surface area contributed by atoms with Gasteiger partial charge >= 0.3 is 0 Å². The fourth-order valence-corrected chi connectivity index (χ4v) is 1.69. The van der Waals surface area contributed by atoms with Crippen molar-refractivity contribution in [2.24, 2.45) is 11.7 Å². The number of nitrogens with two attached hydrogens (primary N) is 1. The Hall–Kier alpha value is -0.340. The van der Waals surface area contributed by atoms with E-state index in [1.165, 1.54) is 5.57 Å². The van der Waals surface area contributed by atoms with Gasteiger partial charge in [-0.05, 0) is 43.7 Å². The number of aliphatic hydroxyl groups excluding tert-OH is 1. The minimum Gasteiger partial charge on any atom is -0.389 e. The van der Waals surface area contributed by atoms with Crippen molar-refractivity contribution < 1.29 is 5.11 Å². The molecule has 0 aliphatic heterocycles. The van der Waals surface area contributed by atoms with E-state index >= 15 is 0 Å². The summed E-state index contributed by atoms with van der Waals surface area (Å²) in [7, 11) is 0. The van der Waals surface area contributed by atoms with Gasteiger partial charge in [0, 0.05) is 0 Å². The average molecular weight is 169 g/mol. The van der Waals surface area contributed by atoms with E-state index in [4.69, 9.17) is 5.73 Å². The van der Waals surface area contributed by atoms with Crippen LogP contribution in [0, 0.1) is 5.92 Å². The largest absolute Gasteiger partial charge is 0.389 e. The molecule has 2 nitrogen and oxygen atoms in total. The highest BCUT2D eigenvalue weighted by Gasteiger charge is 2.18. The topological polar surface area (TPSA) is 46.2 Å². The summed E-state index contributed by atoms with van der Waals surface area (Å²) in [6.07, 6.45) is 6.02. The summed E-state index contributed by atoms with van der Waals surface area (Å²) in [6.45, 7) is 2.90. The van der Waals surface area contributed by atoms with Crippen molar-refractivity contribution in [2.75, 3.05) is 6.54 Å². The van der Waals surface area contributed by atoms with E-state index in [1.807, 2.05) is 0 Å². The second-order valence-corrected chi connectivity index (χ2v) is 3.76. The van der Waals surface area contributed by atoms with Crippen LogP contribution in [0.4, 0.5) is 0 Å². The lowest BCUT2D eigenvalue weighted by molar-refractivity contribution is 0.166. The Morgan fingerprint density at radius 1 is 1.67 bits per heavy atom. The number of allylic oxidation sites excluding steroid dienone is 1. The van der Waals surface area contributed by atoms with Gasteiger partial charge in [-0.1, -0.05) is 13.0 Å². The van der Waals surface area contributed by atoms with Gasteiger partial charge in [0.1, 0.15) is 0 Å². The van der Waals surface area contributed by atoms with Crippen molar-refractivity contribution >= 4 is 0 Å². The van der Waals surface area contributed by atoms with Crippen LogP contribution in [0.25, 0.3) is 0 Å². The Morgan fingerprint density at radius 2 is 2.42 bits per heavy atom. The smallest absolute Gasteiger partial charge is 0.0752 e. The quantitative estimate of drug-likeness (QED) is 0.628. The minimum absolute atomic E-state index is 0.194. The molecule has 0 saturated heterocycles. The zero-order valence-electron chi connectivity index (χ0n) is 7.79. The highest BCUT2D eigenvalue weighted by molar-refractivity contribution is 5.11. The Morgan fingerprint density at radius 3 is 3.00 bits per heavy atom. The summed E-state index contributed by atoms with van der Waals surface area (Å²) < 4.78 is 0. The predicted molar refractivity (Wildman–Crippen MR) is 50.8 cm³/mol. The molecule has 0 bridgehead atoms. The molecule has 0 heterocycles. The summed E-state index contributed by atoms with van der Waals surface area (Å²) >= 11 is 0. The van der Waals surface area contributed by atoms with Crippen LogP contribution < -0.4 is 5.73 Å². The van der Waals surface area contributed by atoms with E-state index in [0.29, 0.717) is 5.92 Å². The van der Waals surface area contributed by atoms with Crippen LogP contribution in [-0.2, 0) is 0 Å². The lowest BCUT2D eigenvalue weighted by atomic mass is 9.87. The SMILES string of the molecule is CC1CC=C(CCCN)C(O)C1. The van der Waals surface area contributed by atoms with Crippen molar-refractivity contribution in [1.29, 1.82) is 0 Å². The molecule has 12 heavy (non-hydrogen) atoms. The molecule has 0 saturated carbocycles. The van der Waals surface area contributed by atoms with Crippen LogP contribution in [0.5, 0.6) is 0 Å². The maximum absolute atomic E-state index is 9.66. The molecule has 0 amide bonds. The molecule has 1 aliphatic carbocycles. The van der Waals surface area contributed by atoms with E-state index in [2.05, 4.69) is 13.0 Å². The maximum atomic E-state index is 9.66. The Labute approximate surface area is 74.5 Å². The van der Waals surface area contributed by atoms with Crippen molar-refractivity contribution in [2.45, 2.75) is 38.7 Å². The first-order chi connectivity index (χ1) is 5.74. The summed E-state index contributed by atoms with van der Waals surface area (Å²) in [5.74, 6) is 0.640. The number of aliphatic hydroxyl groups is 1. The van der Waals surface area contributed by atoms with E-state index < -0.39 is 0 Å². The van der Waals surface area contributed by atoms with E-state index in [-0.39, 0.29) is 6.10 Å². The van der Waals surface area contributed by atoms with Crippen LogP contribution in [0.2, 0.25) is 0 Å². The fourth-order valence-electron chi connectivity index (χ4n) is 1.69. The number of hydrogen-bond acceptors (Lipinski definition) is 2. The van der Waals surface area contributed by atoms with Crippen molar-refractivity contribution in [3.63, 3.8) is 0 Å². The molecule has 70 valence electrons. The van der Waals surface area contributed by atoms with Crippen LogP contribution >= 0.6 is 0 Å². The average Bonchev–Trinajstić information content (AvgIpc) is 2.03. The summed E-state index contributed by atoms with van der Waals surface area (Å²) in [5.41, 5.74) is 6.62. The second-order valence-electron chi connectivity index (χ2n) is 3.76. The van der Waals surface area contributed by atoms with Gasteiger partial charge in [-0.2, -0.15) is 0 Å². The first-order valence-electron chi connectivity index (χ1n) is 4.81. The first kappa shape index (κ1) is 9.75. The molecule has 2 atom stereocenters. The number of rotatable bonds is 3. The molecular weight excluding hydrogens is 150 g/mol. The third kappa shape index (κ3) is 2.61. The molecule has 3 N–H and O–H groups in total. The summed E-state index contributed by atoms with van der Waals surface area (Å²) in [5, 5.41) is 9.66. The molecule has 2 heteroatoms. The third-order valence-electron chi connectivity index (χ3n) is 2.51. The van der Waals surface area contributed by atoms with Crippen molar-refractivity contribution in [1.82, 2.24) is 0 Å². The van der Waals surface area contributed by atoms with E-state index in [9.17, 15) is 5.11 Å². The van der Waals surface area contributed by atoms with Crippen molar-refractivity contribution in [3.8, 4) is 0 Å². The molecular formula is C10H19NO. The summed E-state index contributed by atoms with van der Waals surface area (Å²) in [6, 6.07) is 0.